The van der Waals surface area contributed by atoms with Crippen LogP contribution in [0.5, 0.6) is 0 Å². The molecule has 1 spiro atoms. The zero-order valence-electron chi connectivity index (χ0n) is 17.3. The average Bonchev–Trinajstić information content (AvgIpc) is 3.11. The van der Waals surface area contributed by atoms with E-state index in [1.165, 1.54) is 4.90 Å². The number of hydrogen-bond donors (Lipinski definition) is 1. The first kappa shape index (κ1) is 19.6. The highest BCUT2D eigenvalue weighted by Crippen LogP contribution is 2.41. The predicted octanol–water partition coefficient (Wildman–Crippen LogP) is 1.39. The molecule has 0 unspecified atom stereocenters. The van der Waals surface area contributed by atoms with Crippen molar-refractivity contribution < 1.29 is 14.7 Å². The van der Waals surface area contributed by atoms with Gasteiger partial charge in [-0.15, -0.1) is 0 Å². The lowest BCUT2D eigenvalue weighted by Gasteiger charge is -2.58. The minimum atomic E-state index is -0.686. The summed E-state index contributed by atoms with van der Waals surface area (Å²) >= 11 is 0. The minimum Gasteiger partial charge on any atom is -0.392 e. The number of para-hydroxylation sites is 1. The van der Waals surface area contributed by atoms with E-state index >= 15 is 0 Å². The number of aliphatic hydroxyl groups excluding tert-OH is 1. The van der Waals surface area contributed by atoms with Crippen molar-refractivity contribution in [2.45, 2.75) is 50.4 Å². The van der Waals surface area contributed by atoms with E-state index in [-0.39, 0.29) is 17.9 Å². The van der Waals surface area contributed by atoms with E-state index in [0.717, 1.165) is 35.9 Å². The van der Waals surface area contributed by atoms with E-state index < -0.39 is 11.6 Å². The maximum absolute atomic E-state index is 13.4. The van der Waals surface area contributed by atoms with E-state index in [2.05, 4.69) is 28.9 Å². The van der Waals surface area contributed by atoms with Crippen LogP contribution in [-0.2, 0) is 16.1 Å². The maximum atomic E-state index is 13.4. The average molecular weight is 409 g/mol. The van der Waals surface area contributed by atoms with E-state index in [0.29, 0.717) is 32.6 Å². The largest absolute Gasteiger partial charge is 0.392 e. The lowest BCUT2D eigenvalue weighted by molar-refractivity contribution is -0.180. The predicted molar refractivity (Wildman–Crippen MR) is 112 cm³/mol. The van der Waals surface area contributed by atoms with Crippen molar-refractivity contribution in [3.63, 3.8) is 0 Å². The molecule has 0 saturated carbocycles. The van der Waals surface area contributed by atoms with Crippen molar-refractivity contribution in [2.24, 2.45) is 0 Å². The van der Waals surface area contributed by atoms with Crippen LogP contribution in [0.25, 0.3) is 10.9 Å². The van der Waals surface area contributed by atoms with Gasteiger partial charge in [-0.25, -0.2) is 0 Å². The fourth-order valence-corrected chi connectivity index (χ4v) is 5.29. The number of imide groups is 1. The van der Waals surface area contributed by atoms with Crippen LogP contribution in [0, 0.1) is 0 Å². The van der Waals surface area contributed by atoms with Gasteiger partial charge in [0.1, 0.15) is 5.54 Å². The van der Waals surface area contributed by atoms with Gasteiger partial charge in [-0.2, -0.15) is 0 Å². The standard InChI is InChI=1S/C23H28N4O3/c1-2-3-8-26-21(29)20-10-18(28)13-27(20)23(22(26)30)14-25(15-23)12-16-9-17-6-4-5-7-19(17)24-11-16/h4-7,9,11,18,20,28H,2-3,8,10,12-15H2,1H3/t18-,20+/m1/s1. The molecule has 1 N–H and O–H groups in total. The fraction of sp³-hybridized carbons (Fsp3) is 0.522. The molecule has 0 bridgehead atoms. The minimum absolute atomic E-state index is 0.0841. The molecule has 0 radical (unpaired) electrons. The van der Waals surface area contributed by atoms with Crippen LogP contribution in [0.1, 0.15) is 31.7 Å². The van der Waals surface area contributed by atoms with Crippen LogP contribution in [0.4, 0.5) is 0 Å². The monoisotopic (exact) mass is 408 g/mol. The number of carbonyl (C=O) groups excluding carboxylic acids is 2. The number of benzene rings is 1. The molecule has 0 aliphatic carbocycles. The number of amides is 2. The SMILES string of the molecule is CCCCN1C(=O)[C@@H]2C[C@@H](O)CN2C2(CN(Cc3cnc4ccccc4c3)C2)C1=O. The summed E-state index contributed by atoms with van der Waals surface area (Å²) in [6.45, 7) is 4.81. The molecule has 2 atom stereocenters. The number of hydrogen-bond acceptors (Lipinski definition) is 6. The second-order valence-electron chi connectivity index (χ2n) is 8.92. The van der Waals surface area contributed by atoms with Gasteiger partial charge in [0.15, 0.2) is 0 Å². The van der Waals surface area contributed by atoms with Crippen LogP contribution in [0.2, 0.25) is 0 Å². The molecule has 1 aromatic carbocycles. The molecule has 5 rings (SSSR count). The molecule has 3 saturated heterocycles. The van der Waals surface area contributed by atoms with E-state index in [1.54, 1.807) is 0 Å². The molecule has 1 aromatic heterocycles. The Bertz CT molecular complexity index is 987. The number of carbonyl (C=O) groups is 2. The molecule has 3 aliphatic rings. The molecule has 30 heavy (non-hydrogen) atoms. The molecular formula is C23H28N4O3. The second kappa shape index (κ2) is 7.41. The maximum Gasteiger partial charge on any atom is 0.252 e. The number of nitrogens with zero attached hydrogens (tertiary/aromatic N) is 4. The lowest BCUT2D eigenvalue weighted by Crippen LogP contribution is -2.81. The lowest BCUT2D eigenvalue weighted by atomic mass is 9.82. The number of rotatable bonds is 5. The highest BCUT2D eigenvalue weighted by atomic mass is 16.3. The van der Waals surface area contributed by atoms with Crippen molar-refractivity contribution in [3.8, 4) is 0 Å². The van der Waals surface area contributed by atoms with Gasteiger partial charge >= 0.3 is 0 Å². The highest BCUT2D eigenvalue weighted by molar-refractivity contribution is 6.06. The Balaban J connectivity index is 1.35. The molecule has 2 aromatic rings. The summed E-state index contributed by atoms with van der Waals surface area (Å²) in [4.78, 5) is 36.6. The number of β-amino-alcohol motifs (C(OH)–C–C–N with tert-alkyl or cyclic N) is 1. The van der Waals surface area contributed by atoms with Gasteiger partial charge in [-0.05, 0) is 30.5 Å². The number of pyridine rings is 1. The van der Waals surface area contributed by atoms with Gasteiger partial charge in [0.2, 0.25) is 5.91 Å². The normalized spacial score (nSPS) is 26.4. The Morgan fingerprint density at radius 2 is 2.03 bits per heavy atom. The van der Waals surface area contributed by atoms with Gasteiger partial charge in [0.05, 0.1) is 17.7 Å². The molecule has 2 amide bonds. The Labute approximate surface area is 176 Å². The van der Waals surface area contributed by atoms with Gasteiger partial charge in [0, 0.05) is 44.3 Å². The molecule has 7 heteroatoms. The third-order valence-electron chi connectivity index (χ3n) is 6.78. The third kappa shape index (κ3) is 3.04. The van der Waals surface area contributed by atoms with Gasteiger partial charge in [-0.1, -0.05) is 31.5 Å². The van der Waals surface area contributed by atoms with Gasteiger partial charge < -0.3 is 5.11 Å². The molecular weight excluding hydrogens is 380 g/mol. The number of piperazine rings is 1. The Kier molecular flexibility index (Phi) is 4.84. The first-order valence-electron chi connectivity index (χ1n) is 10.9. The van der Waals surface area contributed by atoms with E-state index in [4.69, 9.17) is 0 Å². The highest BCUT2D eigenvalue weighted by Gasteiger charge is 2.63. The third-order valence-corrected chi connectivity index (χ3v) is 6.78. The second-order valence-corrected chi connectivity index (χ2v) is 8.92. The van der Waals surface area contributed by atoms with Gasteiger partial charge in [-0.3, -0.25) is 29.3 Å². The number of likely N-dealkylation sites (tertiary alicyclic amines) is 1. The summed E-state index contributed by atoms with van der Waals surface area (Å²) in [6.07, 6.45) is 3.52. The Hall–Kier alpha value is -2.35. The summed E-state index contributed by atoms with van der Waals surface area (Å²) in [5.74, 6) is -0.216. The fourth-order valence-electron chi connectivity index (χ4n) is 5.29. The smallest absolute Gasteiger partial charge is 0.252 e. The Morgan fingerprint density at radius 3 is 2.83 bits per heavy atom. The molecule has 158 valence electrons. The van der Waals surface area contributed by atoms with Gasteiger partial charge in [0.25, 0.3) is 5.91 Å². The van der Waals surface area contributed by atoms with Crippen LogP contribution < -0.4 is 0 Å². The summed E-state index contributed by atoms with van der Waals surface area (Å²) in [5, 5.41) is 11.3. The van der Waals surface area contributed by atoms with Crippen molar-refractivity contribution >= 4 is 22.7 Å². The molecule has 7 nitrogen and oxygen atoms in total. The topological polar surface area (TPSA) is 77.0 Å². The molecule has 3 fully saturated rings. The first-order chi connectivity index (χ1) is 14.5. The van der Waals surface area contributed by atoms with Crippen molar-refractivity contribution in [1.82, 2.24) is 19.7 Å². The zero-order chi connectivity index (χ0) is 20.9. The zero-order valence-corrected chi connectivity index (χ0v) is 17.3. The molecule has 4 heterocycles. The van der Waals surface area contributed by atoms with E-state index in [9.17, 15) is 14.7 Å². The quantitative estimate of drug-likeness (QED) is 0.754. The number of aromatic nitrogens is 1. The number of fused-ring (bicyclic) bond motifs is 3. The summed E-state index contributed by atoms with van der Waals surface area (Å²) in [5.41, 5.74) is 1.40. The number of unbranched alkanes of at least 4 members (excludes halogenated alkanes) is 1. The Morgan fingerprint density at radius 1 is 1.23 bits per heavy atom. The van der Waals surface area contributed by atoms with E-state index in [1.807, 2.05) is 29.3 Å². The summed E-state index contributed by atoms with van der Waals surface area (Å²) in [6, 6.07) is 9.82. The summed E-state index contributed by atoms with van der Waals surface area (Å²) in [7, 11) is 0. The van der Waals surface area contributed by atoms with Crippen LogP contribution in [0.3, 0.4) is 0 Å². The summed E-state index contributed by atoms with van der Waals surface area (Å²) < 4.78 is 0. The van der Waals surface area contributed by atoms with Crippen LogP contribution >= 0.6 is 0 Å². The van der Waals surface area contributed by atoms with Crippen LogP contribution in [-0.4, -0.2) is 80.5 Å². The van der Waals surface area contributed by atoms with Crippen molar-refractivity contribution in [2.75, 3.05) is 26.2 Å². The number of aliphatic hydroxyl groups is 1. The van der Waals surface area contributed by atoms with Crippen molar-refractivity contribution in [1.29, 1.82) is 0 Å². The molecule has 3 aliphatic heterocycles. The first-order valence-corrected chi connectivity index (χ1v) is 10.9. The van der Waals surface area contributed by atoms with Crippen molar-refractivity contribution in [3.05, 3.63) is 42.1 Å². The van der Waals surface area contributed by atoms with Crippen LogP contribution in [0.15, 0.2) is 36.5 Å².